The zero-order valence-corrected chi connectivity index (χ0v) is 17.7. The fourth-order valence-corrected chi connectivity index (χ4v) is 4.06. The molecular weight excluding hydrogens is 421 g/mol. The van der Waals surface area contributed by atoms with Crippen molar-refractivity contribution >= 4 is 46.1 Å². The number of hydrogen-bond donors (Lipinski definition) is 0. The van der Waals surface area contributed by atoms with E-state index in [4.69, 9.17) is 27.9 Å². The van der Waals surface area contributed by atoms with Crippen LogP contribution in [-0.4, -0.2) is 41.7 Å². The van der Waals surface area contributed by atoms with Crippen molar-refractivity contribution in [2.24, 2.45) is 0 Å². The number of carbonyl (C=O) groups is 1. The number of fused-ring (bicyclic) bond motifs is 1. The molecule has 0 unspecified atom stereocenters. The number of ether oxygens (including phenoxy) is 1. The minimum absolute atomic E-state index is 0.115. The lowest BCUT2D eigenvalue weighted by Gasteiger charge is -2.26. The molecule has 0 aliphatic carbocycles. The molecule has 0 saturated carbocycles. The van der Waals surface area contributed by atoms with Gasteiger partial charge in [-0.1, -0.05) is 47.5 Å². The number of morpholine rings is 1. The Labute approximate surface area is 184 Å². The molecule has 7 heteroatoms. The summed E-state index contributed by atoms with van der Waals surface area (Å²) < 4.78 is 7.36. The number of rotatable bonds is 4. The normalized spacial score (nSPS) is 14.7. The maximum Gasteiger partial charge on any atom is 0.264 e. The van der Waals surface area contributed by atoms with Crippen LogP contribution in [0, 0.1) is 11.3 Å². The predicted octanol–water partition coefficient (Wildman–Crippen LogP) is 4.76. The summed E-state index contributed by atoms with van der Waals surface area (Å²) in [6, 6.07) is 15.4. The van der Waals surface area contributed by atoms with Crippen LogP contribution >= 0.6 is 23.2 Å². The summed E-state index contributed by atoms with van der Waals surface area (Å²) in [5, 5.41) is 11.8. The number of hydrogen-bond acceptors (Lipinski definition) is 3. The van der Waals surface area contributed by atoms with E-state index in [0.717, 1.165) is 22.0 Å². The zero-order chi connectivity index (χ0) is 21.1. The number of para-hydroxylation sites is 1. The van der Waals surface area contributed by atoms with Gasteiger partial charge in [0.05, 0.1) is 13.2 Å². The van der Waals surface area contributed by atoms with Crippen LogP contribution in [0.25, 0.3) is 17.0 Å². The Morgan fingerprint density at radius 3 is 2.67 bits per heavy atom. The zero-order valence-electron chi connectivity index (χ0n) is 16.1. The van der Waals surface area contributed by atoms with Gasteiger partial charge in [-0.15, -0.1) is 0 Å². The molecule has 2 aromatic carbocycles. The van der Waals surface area contributed by atoms with Gasteiger partial charge in [0.25, 0.3) is 5.91 Å². The average molecular weight is 440 g/mol. The summed E-state index contributed by atoms with van der Waals surface area (Å²) in [4.78, 5) is 14.4. The number of aromatic nitrogens is 1. The molecular formula is C23H19Cl2N3O2. The Bertz CT molecular complexity index is 1170. The van der Waals surface area contributed by atoms with Crippen molar-refractivity contribution < 1.29 is 9.53 Å². The number of carbonyl (C=O) groups excluding carboxylic acids is 1. The van der Waals surface area contributed by atoms with Crippen LogP contribution < -0.4 is 0 Å². The van der Waals surface area contributed by atoms with Crippen LogP contribution in [0.2, 0.25) is 10.0 Å². The fourth-order valence-electron chi connectivity index (χ4n) is 3.59. The van der Waals surface area contributed by atoms with Crippen molar-refractivity contribution in [3.05, 3.63) is 75.4 Å². The van der Waals surface area contributed by atoms with E-state index < -0.39 is 0 Å². The van der Waals surface area contributed by atoms with E-state index in [1.165, 1.54) is 0 Å². The van der Waals surface area contributed by atoms with Gasteiger partial charge in [0, 0.05) is 52.3 Å². The second-order valence-electron chi connectivity index (χ2n) is 7.04. The van der Waals surface area contributed by atoms with E-state index in [1.807, 2.05) is 42.6 Å². The highest BCUT2D eigenvalue weighted by molar-refractivity contribution is 6.35. The van der Waals surface area contributed by atoms with Gasteiger partial charge in [-0.25, -0.2) is 0 Å². The Morgan fingerprint density at radius 1 is 1.17 bits per heavy atom. The van der Waals surface area contributed by atoms with Gasteiger partial charge in [-0.05, 0) is 29.8 Å². The molecule has 1 saturated heterocycles. The summed E-state index contributed by atoms with van der Waals surface area (Å²) in [5.74, 6) is -0.265. The predicted molar refractivity (Wildman–Crippen MR) is 118 cm³/mol. The molecule has 0 N–H and O–H groups in total. The van der Waals surface area contributed by atoms with Crippen molar-refractivity contribution in [3.8, 4) is 6.07 Å². The van der Waals surface area contributed by atoms with E-state index in [1.54, 1.807) is 17.0 Å². The van der Waals surface area contributed by atoms with Crippen molar-refractivity contribution in [2.75, 3.05) is 26.3 Å². The van der Waals surface area contributed by atoms with E-state index >= 15 is 0 Å². The third-order valence-electron chi connectivity index (χ3n) is 5.12. The lowest BCUT2D eigenvalue weighted by Crippen LogP contribution is -2.41. The summed E-state index contributed by atoms with van der Waals surface area (Å²) in [7, 11) is 0. The molecule has 0 radical (unpaired) electrons. The molecule has 0 spiro atoms. The summed E-state index contributed by atoms with van der Waals surface area (Å²) in [5.41, 5.74) is 2.85. The lowest BCUT2D eigenvalue weighted by molar-refractivity contribution is -0.130. The van der Waals surface area contributed by atoms with Gasteiger partial charge in [0.2, 0.25) is 0 Å². The number of nitrogens with zero attached hydrogens (tertiary/aromatic N) is 3. The van der Waals surface area contributed by atoms with Gasteiger partial charge in [-0.3, -0.25) is 4.79 Å². The highest BCUT2D eigenvalue weighted by Gasteiger charge is 2.21. The van der Waals surface area contributed by atoms with E-state index in [9.17, 15) is 10.1 Å². The topological polar surface area (TPSA) is 58.3 Å². The average Bonchev–Trinajstić information content (AvgIpc) is 3.11. The molecule has 1 amide bonds. The van der Waals surface area contributed by atoms with Gasteiger partial charge in [-0.2, -0.15) is 5.26 Å². The minimum atomic E-state index is -0.265. The summed E-state index contributed by atoms with van der Waals surface area (Å²) >= 11 is 12.4. The number of amides is 1. The van der Waals surface area contributed by atoms with Crippen LogP contribution in [0.3, 0.4) is 0 Å². The third-order valence-corrected chi connectivity index (χ3v) is 5.71. The largest absolute Gasteiger partial charge is 0.378 e. The molecule has 4 rings (SSSR count). The van der Waals surface area contributed by atoms with E-state index in [0.29, 0.717) is 42.9 Å². The Balaban J connectivity index is 1.71. The summed E-state index contributed by atoms with van der Waals surface area (Å²) in [6.07, 6.45) is 3.61. The Hall–Kier alpha value is -2.78. The first-order valence-corrected chi connectivity index (χ1v) is 10.3. The van der Waals surface area contributed by atoms with Gasteiger partial charge < -0.3 is 14.2 Å². The molecule has 1 fully saturated rings. The van der Waals surface area contributed by atoms with Gasteiger partial charge >= 0.3 is 0 Å². The van der Waals surface area contributed by atoms with Crippen LogP contribution in [0.5, 0.6) is 0 Å². The first-order chi connectivity index (χ1) is 14.6. The maximum absolute atomic E-state index is 12.8. The maximum atomic E-state index is 12.8. The monoisotopic (exact) mass is 439 g/mol. The summed E-state index contributed by atoms with van der Waals surface area (Å²) in [6.45, 7) is 2.52. The first kappa shape index (κ1) is 20.5. The number of nitriles is 1. The smallest absolute Gasteiger partial charge is 0.264 e. The van der Waals surface area contributed by atoms with Crippen molar-refractivity contribution in [1.29, 1.82) is 5.26 Å². The molecule has 1 aliphatic rings. The molecule has 5 nitrogen and oxygen atoms in total. The molecule has 2 heterocycles. The highest BCUT2D eigenvalue weighted by Crippen LogP contribution is 2.27. The van der Waals surface area contributed by atoms with Crippen molar-refractivity contribution in [2.45, 2.75) is 6.54 Å². The fraction of sp³-hybridized carbons (Fsp3) is 0.217. The molecule has 30 heavy (non-hydrogen) atoms. The third kappa shape index (κ3) is 4.22. The number of benzene rings is 2. The Morgan fingerprint density at radius 2 is 1.93 bits per heavy atom. The van der Waals surface area contributed by atoms with Crippen molar-refractivity contribution in [1.82, 2.24) is 9.47 Å². The molecule has 152 valence electrons. The standard InChI is InChI=1S/C23H19Cl2N3O2/c24-19-6-5-16(21(25)12-19)14-28-15-18(20-3-1-2-4-22(20)28)11-17(13-26)23(29)27-7-9-30-10-8-27/h1-6,11-12,15H,7-10,14H2/b17-11+. The van der Waals surface area contributed by atoms with Gasteiger partial charge in [0.1, 0.15) is 11.6 Å². The van der Waals surface area contributed by atoms with Crippen LogP contribution in [0.4, 0.5) is 0 Å². The SMILES string of the molecule is N#C/C(=C\c1cn(Cc2ccc(Cl)cc2Cl)c2ccccc12)C(=O)N1CCOCC1. The van der Waals surface area contributed by atoms with Gasteiger partial charge in [0.15, 0.2) is 0 Å². The molecule has 1 aromatic heterocycles. The minimum Gasteiger partial charge on any atom is -0.378 e. The first-order valence-electron chi connectivity index (χ1n) is 9.57. The number of halogens is 2. The lowest BCUT2D eigenvalue weighted by atomic mass is 10.1. The van der Waals surface area contributed by atoms with Crippen molar-refractivity contribution in [3.63, 3.8) is 0 Å². The molecule has 0 atom stereocenters. The van der Waals surface area contributed by atoms with Crippen LogP contribution in [-0.2, 0) is 16.1 Å². The highest BCUT2D eigenvalue weighted by atomic mass is 35.5. The molecule has 0 bridgehead atoms. The van der Waals surface area contributed by atoms with E-state index in [-0.39, 0.29) is 11.5 Å². The van der Waals surface area contributed by atoms with E-state index in [2.05, 4.69) is 10.6 Å². The Kier molecular flexibility index (Phi) is 6.10. The molecule has 1 aliphatic heterocycles. The van der Waals surface area contributed by atoms with Crippen LogP contribution in [0.15, 0.2) is 54.2 Å². The second-order valence-corrected chi connectivity index (χ2v) is 7.88. The quantitative estimate of drug-likeness (QED) is 0.434. The van der Waals surface area contributed by atoms with Crippen LogP contribution in [0.1, 0.15) is 11.1 Å². The molecule has 3 aromatic rings. The second kappa shape index (κ2) is 8.93.